The van der Waals surface area contributed by atoms with Gasteiger partial charge in [-0.2, -0.15) is 0 Å². The van der Waals surface area contributed by atoms with Crippen LogP contribution >= 0.6 is 0 Å². The molecule has 3 amide bonds. The van der Waals surface area contributed by atoms with E-state index >= 15 is 0 Å². The molecule has 25 heavy (non-hydrogen) atoms. The molecular weight excluding hydrogens is 318 g/mol. The Morgan fingerprint density at radius 2 is 1.64 bits per heavy atom. The summed E-state index contributed by atoms with van der Waals surface area (Å²) >= 11 is 0. The molecule has 0 aromatic heterocycles. The molecule has 0 heterocycles. The highest BCUT2D eigenvalue weighted by Crippen LogP contribution is 2.54. The first kappa shape index (κ1) is 16.7. The minimum absolute atomic E-state index is 0.259. The number of hydrogen-bond donors (Lipinski definition) is 3. The summed E-state index contributed by atoms with van der Waals surface area (Å²) in [7, 11) is 0. The summed E-state index contributed by atoms with van der Waals surface area (Å²) in [4.78, 5) is 35.2. The zero-order valence-corrected chi connectivity index (χ0v) is 13.4. The number of anilines is 1. The van der Waals surface area contributed by atoms with Crippen LogP contribution in [0.3, 0.4) is 0 Å². The molecule has 1 fully saturated rings. The lowest BCUT2D eigenvalue weighted by atomic mass is 9.92. The Balaban J connectivity index is 1.69. The van der Waals surface area contributed by atoms with Gasteiger partial charge in [0.2, 0.25) is 17.7 Å². The summed E-state index contributed by atoms with van der Waals surface area (Å²) in [5.74, 6) is -1.93. The van der Waals surface area contributed by atoms with Crippen LogP contribution in [0, 0.1) is 12.3 Å². The van der Waals surface area contributed by atoms with Gasteiger partial charge < -0.3 is 16.8 Å². The third kappa shape index (κ3) is 3.24. The fourth-order valence-corrected chi connectivity index (χ4v) is 3.07. The number of benzene rings is 2. The SMILES string of the molecule is NC(=O)C1CC1(C(N)=O)c1ccc(NC(=O)[CH]c2ccccc2)cc1. The van der Waals surface area contributed by atoms with Crippen molar-refractivity contribution in [2.24, 2.45) is 17.4 Å². The zero-order chi connectivity index (χ0) is 18.0. The maximum Gasteiger partial charge on any atom is 0.233 e. The van der Waals surface area contributed by atoms with Crippen LogP contribution in [-0.2, 0) is 19.8 Å². The highest BCUT2D eigenvalue weighted by atomic mass is 16.2. The van der Waals surface area contributed by atoms with Crippen molar-refractivity contribution >= 4 is 23.4 Å². The van der Waals surface area contributed by atoms with Crippen molar-refractivity contribution in [1.29, 1.82) is 0 Å². The van der Waals surface area contributed by atoms with E-state index in [1.165, 1.54) is 6.42 Å². The van der Waals surface area contributed by atoms with E-state index in [0.717, 1.165) is 5.56 Å². The molecule has 6 heteroatoms. The third-order valence-electron chi connectivity index (χ3n) is 4.51. The van der Waals surface area contributed by atoms with Gasteiger partial charge in [0.05, 0.1) is 17.8 Å². The van der Waals surface area contributed by atoms with Crippen molar-refractivity contribution in [1.82, 2.24) is 0 Å². The van der Waals surface area contributed by atoms with Gasteiger partial charge in [0.1, 0.15) is 0 Å². The lowest BCUT2D eigenvalue weighted by molar-refractivity contribution is -0.125. The molecule has 0 bridgehead atoms. The van der Waals surface area contributed by atoms with Crippen LogP contribution in [0.15, 0.2) is 54.6 Å². The van der Waals surface area contributed by atoms with Gasteiger partial charge in [0.25, 0.3) is 0 Å². The van der Waals surface area contributed by atoms with Gasteiger partial charge in [0, 0.05) is 5.69 Å². The minimum Gasteiger partial charge on any atom is -0.369 e. The number of amides is 3. The highest BCUT2D eigenvalue weighted by molar-refractivity contribution is 6.01. The molecule has 6 nitrogen and oxygen atoms in total. The van der Waals surface area contributed by atoms with E-state index in [0.29, 0.717) is 17.7 Å². The van der Waals surface area contributed by atoms with Crippen molar-refractivity contribution in [3.63, 3.8) is 0 Å². The van der Waals surface area contributed by atoms with E-state index < -0.39 is 23.1 Å². The molecule has 0 aliphatic heterocycles. The molecule has 2 unspecified atom stereocenters. The Hall–Kier alpha value is -3.15. The van der Waals surface area contributed by atoms with Gasteiger partial charge in [-0.1, -0.05) is 42.5 Å². The smallest absolute Gasteiger partial charge is 0.233 e. The number of primary amides is 2. The molecule has 1 radical (unpaired) electrons. The topological polar surface area (TPSA) is 115 Å². The van der Waals surface area contributed by atoms with E-state index in [-0.39, 0.29) is 5.91 Å². The summed E-state index contributed by atoms with van der Waals surface area (Å²) in [5, 5.41) is 2.75. The second kappa shape index (κ2) is 6.39. The number of carbonyl (C=O) groups excluding carboxylic acids is 3. The fourth-order valence-electron chi connectivity index (χ4n) is 3.07. The number of carbonyl (C=O) groups is 3. The zero-order valence-electron chi connectivity index (χ0n) is 13.4. The Kier molecular flexibility index (Phi) is 4.27. The fraction of sp³-hybridized carbons (Fsp3) is 0.158. The molecule has 2 atom stereocenters. The molecular formula is C19H18N3O3. The molecule has 127 valence electrons. The number of rotatable bonds is 6. The first-order valence-electron chi connectivity index (χ1n) is 7.84. The first-order valence-corrected chi connectivity index (χ1v) is 7.84. The van der Waals surface area contributed by atoms with Crippen molar-refractivity contribution in [2.45, 2.75) is 11.8 Å². The number of nitrogens with one attached hydrogen (secondary N) is 1. The molecule has 5 N–H and O–H groups in total. The lowest BCUT2D eigenvalue weighted by Crippen LogP contribution is -2.33. The predicted molar refractivity (Wildman–Crippen MR) is 93.1 cm³/mol. The van der Waals surface area contributed by atoms with Crippen LogP contribution in [0.1, 0.15) is 17.5 Å². The predicted octanol–water partition coefficient (Wildman–Crippen LogP) is 1.11. The van der Waals surface area contributed by atoms with Gasteiger partial charge >= 0.3 is 0 Å². The second-order valence-electron chi connectivity index (χ2n) is 6.12. The molecule has 1 saturated carbocycles. The van der Waals surface area contributed by atoms with Crippen molar-refractivity contribution in [3.05, 3.63) is 72.1 Å². The molecule has 1 aliphatic rings. The maximum absolute atomic E-state index is 12.0. The molecule has 2 aromatic carbocycles. The van der Waals surface area contributed by atoms with Gasteiger partial charge in [0.15, 0.2) is 0 Å². The summed E-state index contributed by atoms with van der Waals surface area (Å²) in [6.07, 6.45) is 1.81. The van der Waals surface area contributed by atoms with Crippen LogP contribution in [0.4, 0.5) is 5.69 Å². The summed E-state index contributed by atoms with van der Waals surface area (Å²) in [6, 6.07) is 16.0. The monoisotopic (exact) mass is 336 g/mol. The minimum atomic E-state index is -1.02. The average molecular weight is 336 g/mol. The second-order valence-corrected chi connectivity index (χ2v) is 6.12. The highest BCUT2D eigenvalue weighted by Gasteiger charge is 2.63. The van der Waals surface area contributed by atoms with Gasteiger partial charge in [-0.3, -0.25) is 14.4 Å². The molecule has 2 aromatic rings. The van der Waals surface area contributed by atoms with Crippen LogP contribution in [0.2, 0.25) is 0 Å². The Bertz CT molecular complexity index is 818. The van der Waals surface area contributed by atoms with Crippen LogP contribution in [0.5, 0.6) is 0 Å². The maximum atomic E-state index is 12.0. The average Bonchev–Trinajstić information content (AvgIpc) is 3.34. The Labute approximate surface area is 145 Å². The van der Waals surface area contributed by atoms with Gasteiger partial charge in [-0.15, -0.1) is 0 Å². The molecule has 1 aliphatic carbocycles. The summed E-state index contributed by atoms with van der Waals surface area (Å²) in [6.45, 7) is 0. The van der Waals surface area contributed by atoms with Crippen molar-refractivity contribution in [2.75, 3.05) is 5.32 Å². The first-order chi connectivity index (χ1) is 11.9. The van der Waals surface area contributed by atoms with E-state index in [1.807, 2.05) is 30.3 Å². The largest absolute Gasteiger partial charge is 0.369 e. The number of nitrogens with two attached hydrogens (primary N) is 2. The molecule has 0 spiro atoms. The van der Waals surface area contributed by atoms with Crippen LogP contribution in [-0.4, -0.2) is 17.7 Å². The van der Waals surface area contributed by atoms with E-state index in [4.69, 9.17) is 11.5 Å². The quantitative estimate of drug-likeness (QED) is 0.733. The van der Waals surface area contributed by atoms with Crippen LogP contribution in [0.25, 0.3) is 0 Å². The summed E-state index contributed by atoms with van der Waals surface area (Å²) in [5.41, 5.74) is 11.8. The normalized spacial score (nSPS) is 21.4. The third-order valence-corrected chi connectivity index (χ3v) is 4.51. The number of hydrogen-bond acceptors (Lipinski definition) is 3. The Morgan fingerprint density at radius 3 is 2.16 bits per heavy atom. The Morgan fingerprint density at radius 1 is 1.00 bits per heavy atom. The van der Waals surface area contributed by atoms with E-state index in [2.05, 4.69) is 5.32 Å². The molecule has 0 saturated heterocycles. The van der Waals surface area contributed by atoms with Crippen molar-refractivity contribution < 1.29 is 14.4 Å². The molecule has 3 rings (SSSR count). The lowest BCUT2D eigenvalue weighted by Gasteiger charge is -2.14. The summed E-state index contributed by atoms with van der Waals surface area (Å²) < 4.78 is 0. The van der Waals surface area contributed by atoms with E-state index in [1.54, 1.807) is 24.3 Å². The van der Waals surface area contributed by atoms with E-state index in [9.17, 15) is 14.4 Å². The van der Waals surface area contributed by atoms with Crippen molar-refractivity contribution in [3.8, 4) is 0 Å². The standard InChI is InChI=1S/C19H18N3O3/c20-17(24)15-11-19(15,18(21)25)13-6-8-14(9-7-13)22-16(23)10-12-4-2-1-3-5-12/h1-10,15H,11H2,(H2,20,24)(H2,21,25)(H,22,23). The van der Waals surface area contributed by atoms with Gasteiger partial charge in [-0.05, 0) is 29.7 Å². The van der Waals surface area contributed by atoms with Gasteiger partial charge in [-0.25, -0.2) is 0 Å². The van der Waals surface area contributed by atoms with Crippen LogP contribution < -0.4 is 16.8 Å².